The predicted octanol–water partition coefficient (Wildman–Crippen LogP) is 2.38. The van der Waals surface area contributed by atoms with Gasteiger partial charge in [-0.1, -0.05) is 11.6 Å². The molecule has 0 N–H and O–H groups in total. The summed E-state index contributed by atoms with van der Waals surface area (Å²) in [7, 11) is 2.57. The van der Waals surface area contributed by atoms with Crippen LogP contribution in [0.5, 0.6) is 5.75 Å². The van der Waals surface area contributed by atoms with Crippen molar-refractivity contribution < 1.29 is 22.7 Å². The maximum Gasteiger partial charge on any atom is 0.310 e. The van der Waals surface area contributed by atoms with Crippen LogP contribution in [0, 0.1) is 0 Å². The van der Waals surface area contributed by atoms with Crippen molar-refractivity contribution in [3.8, 4) is 5.75 Å². The monoisotopic (exact) mass is 326 g/mol. The van der Waals surface area contributed by atoms with Gasteiger partial charge in [0, 0.05) is 21.3 Å². The van der Waals surface area contributed by atoms with Crippen LogP contribution in [-0.4, -0.2) is 28.1 Å². The molecule has 0 saturated carbocycles. The number of carbonyl (C=O) groups excluding carboxylic acids is 1. The lowest BCUT2D eigenvalue weighted by molar-refractivity contribution is -0.142. The second-order valence-corrected chi connectivity index (χ2v) is 6.42. The number of hydrogen-bond donors (Lipinski definition) is 0. The summed E-state index contributed by atoms with van der Waals surface area (Å²) in [5.74, 6) is -0.581. The highest BCUT2D eigenvalue weighted by molar-refractivity contribution is 8.13. The summed E-state index contributed by atoms with van der Waals surface area (Å²) in [5.41, 5.74) is 0.226. The molecule has 0 amide bonds. The Balaban J connectivity index is 3.33. The fourth-order valence-electron chi connectivity index (χ4n) is 1.52. The Morgan fingerprint density at radius 1 is 1.37 bits per heavy atom. The van der Waals surface area contributed by atoms with E-state index >= 15 is 0 Å². The average molecular weight is 327 g/mol. The molecule has 0 aliphatic rings. The zero-order valence-corrected chi connectivity index (χ0v) is 12.6. The van der Waals surface area contributed by atoms with Crippen molar-refractivity contribution >= 4 is 37.3 Å². The van der Waals surface area contributed by atoms with Gasteiger partial charge in [0.05, 0.1) is 20.1 Å². The molecule has 1 aromatic carbocycles. The van der Waals surface area contributed by atoms with Crippen LogP contribution >= 0.6 is 22.3 Å². The van der Waals surface area contributed by atoms with Gasteiger partial charge < -0.3 is 9.47 Å². The van der Waals surface area contributed by atoms with E-state index in [9.17, 15) is 13.2 Å². The standard InChI is InChI=1S/C11H12Cl2O5S/c1-3-18-10(14)6-7-8(12)4-5-9(11(7)17-2)19(13,15)16/h4-5H,3,6H2,1-2H3. The Morgan fingerprint density at radius 3 is 2.47 bits per heavy atom. The maximum absolute atomic E-state index is 11.5. The van der Waals surface area contributed by atoms with E-state index in [1.807, 2.05) is 0 Å². The third-order valence-electron chi connectivity index (χ3n) is 2.26. The number of ether oxygens (including phenoxy) is 2. The van der Waals surface area contributed by atoms with Crippen LogP contribution in [0.15, 0.2) is 17.0 Å². The largest absolute Gasteiger partial charge is 0.495 e. The van der Waals surface area contributed by atoms with Crippen molar-refractivity contribution in [3.05, 3.63) is 22.7 Å². The first kappa shape index (κ1) is 16.1. The van der Waals surface area contributed by atoms with E-state index in [1.165, 1.54) is 19.2 Å². The first-order valence-corrected chi connectivity index (χ1v) is 7.95. The van der Waals surface area contributed by atoms with Gasteiger partial charge >= 0.3 is 5.97 Å². The van der Waals surface area contributed by atoms with E-state index in [2.05, 4.69) is 0 Å². The van der Waals surface area contributed by atoms with Crippen LogP contribution in [0.4, 0.5) is 0 Å². The van der Waals surface area contributed by atoms with Gasteiger partial charge in [-0.25, -0.2) is 8.42 Å². The number of methoxy groups -OCH3 is 1. The van der Waals surface area contributed by atoms with Crippen molar-refractivity contribution in [2.45, 2.75) is 18.2 Å². The summed E-state index contributed by atoms with van der Waals surface area (Å²) in [5, 5.41) is 0.203. The molecule has 1 rings (SSSR count). The molecule has 19 heavy (non-hydrogen) atoms. The van der Waals surface area contributed by atoms with Crippen molar-refractivity contribution in [2.24, 2.45) is 0 Å². The zero-order valence-electron chi connectivity index (χ0n) is 10.3. The third kappa shape index (κ3) is 3.99. The lowest BCUT2D eigenvalue weighted by atomic mass is 10.1. The van der Waals surface area contributed by atoms with Crippen molar-refractivity contribution in [1.82, 2.24) is 0 Å². The van der Waals surface area contributed by atoms with Crippen LogP contribution in [-0.2, 0) is 25.0 Å². The van der Waals surface area contributed by atoms with E-state index in [0.29, 0.717) is 0 Å². The van der Waals surface area contributed by atoms with Gasteiger partial charge in [-0.05, 0) is 19.1 Å². The molecule has 0 atom stereocenters. The topological polar surface area (TPSA) is 69.7 Å². The smallest absolute Gasteiger partial charge is 0.310 e. The number of carbonyl (C=O) groups is 1. The molecule has 0 aromatic heterocycles. The minimum atomic E-state index is -4.00. The number of hydrogen-bond acceptors (Lipinski definition) is 5. The van der Waals surface area contributed by atoms with E-state index in [4.69, 9.17) is 31.8 Å². The van der Waals surface area contributed by atoms with Gasteiger partial charge in [-0.2, -0.15) is 0 Å². The fourth-order valence-corrected chi connectivity index (χ4v) is 2.76. The fraction of sp³-hybridized carbons (Fsp3) is 0.364. The van der Waals surface area contributed by atoms with Crippen LogP contribution in [0.1, 0.15) is 12.5 Å². The molecule has 0 spiro atoms. The van der Waals surface area contributed by atoms with Crippen molar-refractivity contribution in [2.75, 3.05) is 13.7 Å². The maximum atomic E-state index is 11.5. The van der Waals surface area contributed by atoms with Gasteiger partial charge in [-0.3, -0.25) is 4.79 Å². The Labute approximate surface area is 120 Å². The van der Waals surface area contributed by atoms with Crippen LogP contribution in [0.25, 0.3) is 0 Å². The summed E-state index contributed by atoms with van der Waals surface area (Å²) in [6, 6.07) is 2.56. The number of benzene rings is 1. The number of rotatable bonds is 5. The van der Waals surface area contributed by atoms with Gasteiger partial charge in [0.1, 0.15) is 10.6 Å². The summed E-state index contributed by atoms with van der Waals surface area (Å²) in [4.78, 5) is 11.2. The number of esters is 1. The average Bonchev–Trinajstić information content (AvgIpc) is 2.30. The van der Waals surface area contributed by atoms with Gasteiger partial charge in [0.15, 0.2) is 0 Å². The second-order valence-electron chi connectivity index (χ2n) is 3.48. The zero-order chi connectivity index (χ0) is 14.6. The molecule has 8 heteroatoms. The third-order valence-corrected chi connectivity index (χ3v) is 3.96. The Morgan fingerprint density at radius 2 is 2.00 bits per heavy atom. The van der Waals surface area contributed by atoms with Crippen molar-refractivity contribution in [1.29, 1.82) is 0 Å². The lowest BCUT2D eigenvalue weighted by Gasteiger charge is -2.13. The van der Waals surface area contributed by atoms with Crippen LogP contribution < -0.4 is 4.74 Å². The van der Waals surface area contributed by atoms with Crippen LogP contribution in [0.2, 0.25) is 5.02 Å². The van der Waals surface area contributed by atoms with Gasteiger partial charge in [0.25, 0.3) is 9.05 Å². The molecule has 1 aromatic rings. The Kier molecular flexibility index (Phi) is 5.46. The molecule has 0 fully saturated rings. The lowest BCUT2D eigenvalue weighted by Crippen LogP contribution is -2.10. The molecule has 0 unspecified atom stereocenters. The van der Waals surface area contributed by atoms with E-state index in [-0.39, 0.29) is 34.3 Å². The Bertz CT molecular complexity index is 583. The molecule has 5 nitrogen and oxygen atoms in total. The van der Waals surface area contributed by atoms with Gasteiger partial charge in [-0.15, -0.1) is 0 Å². The first-order chi connectivity index (χ1) is 8.81. The van der Waals surface area contributed by atoms with E-state index in [0.717, 1.165) is 0 Å². The molecular formula is C11H12Cl2O5S. The SMILES string of the molecule is CCOC(=O)Cc1c(Cl)ccc(S(=O)(=O)Cl)c1OC. The Hall–Kier alpha value is -0.980. The molecule has 0 saturated heterocycles. The van der Waals surface area contributed by atoms with Gasteiger partial charge in [0.2, 0.25) is 0 Å². The summed E-state index contributed by atoms with van der Waals surface area (Å²) < 4.78 is 32.6. The predicted molar refractivity (Wildman–Crippen MR) is 71.4 cm³/mol. The minimum absolute atomic E-state index is 0.0458. The molecule has 106 valence electrons. The van der Waals surface area contributed by atoms with Crippen LogP contribution in [0.3, 0.4) is 0 Å². The summed E-state index contributed by atoms with van der Waals surface area (Å²) >= 11 is 5.95. The molecular weight excluding hydrogens is 315 g/mol. The molecule has 0 heterocycles. The summed E-state index contributed by atoms with van der Waals surface area (Å²) in [6.45, 7) is 1.88. The highest BCUT2D eigenvalue weighted by Gasteiger charge is 2.23. The molecule has 0 radical (unpaired) electrons. The normalized spacial score (nSPS) is 11.2. The first-order valence-electron chi connectivity index (χ1n) is 5.26. The highest BCUT2D eigenvalue weighted by Crippen LogP contribution is 2.35. The van der Waals surface area contributed by atoms with Crippen molar-refractivity contribution in [3.63, 3.8) is 0 Å². The summed E-state index contributed by atoms with van der Waals surface area (Å²) in [6.07, 6.45) is -0.198. The minimum Gasteiger partial charge on any atom is -0.495 e. The number of halogens is 2. The highest BCUT2D eigenvalue weighted by atomic mass is 35.7. The molecule has 0 aliphatic carbocycles. The van der Waals surface area contributed by atoms with E-state index in [1.54, 1.807) is 6.92 Å². The second kappa shape index (κ2) is 6.45. The molecule has 0 bridgehead atoms. The quantitative estimate of drug-likeness (QED) is 0.613. The molecule has 0 aliphatic heterocycles. The van der Waals surface area contributed by atoms with E-state index < -0.39 is 15.0 Å².